The number of rotatable bonds is 6. The molecule has 0 saturated heterocycles. The van der Waals surface area contributed by atoms with Gasteiger partial charge in [-0.1, -0.05) is 18.2 Å². The third-order valence-corrected chi connectivity index (χ3v) is 3.97. The van der Waals surface area contributed by atoms with Crippen LogP contribution in [0, 0.1) is 0 Å². The molecular formula is C11H13ClF3NO2S. The first-order chi connectivity index (χ1) is 8.74. The van der Waals surface area contributed by atoms with E-state index < -0.39 is 21.8 Å². The SMILES string of the molecule is O=S(=O)(CCCCl)NCc1cccc(C(F)(F)F)c1. The number of alkyl halides is 4. The van der Waals surface area contributed by atoms with Crippen molar-refractivity contribution in [2.75, 3.05) is 11.6 Å². The Morgan fingerprint density at radius 1 is 1.26 bits per heavy atom. The molecule has 1 aromatic rings. The second kappa shape index (κ2) is 6.58. The molecule has 8 heteroatoms. The minimum atomic E-state index is -4.44. The third kappa shape index (κ3) is 5.80. The summed E-state index contributed by atoms with van der Waals surface area (Å²) < 4.78 is 62.5. The number of hydrogen-bond donors (Lipinski definition) is 1. The summed E-state index contributed by atoms with van der Waals surface area (Å²) in [4.78, 5) is 0. The number of hydrogen-bond acceptors (Lipinski definition) is 2. The Kier molecular flexibility index (Phi) is 5.64. The van der Waals surface area contributed by atoms with Gasteiger partial charge in [-0.2, -0.15) is 13.2 Å². The Morgan fingerprint density at radius 3 is 2.53 bits per heavy atom. The minimum absolute atomic E-state index is 0.143. The van der Waals surface area contributed by atoms with Crippen LogP contribution < -0.4 is 4.72 Å². The van der Waals surface area contributed by atoms with Crippen LogP contribution in [0.5, 0.6) is 0 Å². The van der Waals surface area contributed by atoms with Crippen molar-refractivity contribution in [3.05, 3.63) is 35.4 Å². The first-order valence-corrected chi connectivity index (χ1v) is 7.63. The normalized spacial score (nSPS) is 12.6. The summed E-state index contributed by atoms with van der Waals surface area (Å²) in [5.74, 6) is 0.0694. The van der Waals surface area contributed by atoms with E-state index >= 15 is 0 Å². The molecule has 0 aromatic heterocycles. The van der Waals surface area contributed by atoms with E-state index in [0.29, 0.717) is 6.42 Å². The van der Waals surface area contributed by atoms with E-state index in [1.165, 1.54) is 12.1 Å². The maximum absolute atomic E-state index is 12.5. The van der Waals surface area contributed by atoms with Crippen molar-refractivity contribution in [1.29, 1.82) is 0 Å². The lowest BCUT2D eigenvalue weighted by Crippen LogP contribution is -2.26. The molecule has 0 bridgehead atoms. The van der Waals surface area contributed by atoms with Gasteiger partial charge in [0.15, 0.2) is 0 Å². The van der Waals surface area contributed by atoms with Gasteiger partial charge >= 0.3 is 6.18 Å². The Morgan fingerprint density at radius 2 is 1.95 bits per heavy atom. The van der Waals surface area contributed by atoms with E-state index in [0.717, 1.165) is 12.1 Å². The second-order valence-corrected chi connectivity index (χ2v) is 6.19. The van der Waals surface area contributed by atoms with Crippen LogP contribution in [0.3, 0.4) is 0 Å². The van der Waals surface area contributed by atoms with Gasteiger partial charge in [0.1, 0.15) is 0 Å². The predicted octanol–water partition coefficient (Wildman–Crippen LogP) is 2.75. The van der Waals surface area contributed by atoms with Crippen molar-refractivity contribution in [2.45, 2.75) is 19.1 Å². The molecule has 1 rings (SSSR count). The minimum Gasteiger partial charge on any atom is -0.212 e. The van der Waals surface area contributed by atoms with Crippen LogP contribution in [0.4, 0.5) is 13.2 Å². The molecule has 0 aliphatic rings. The Hall–Kier alpha value is -0.790. The zero-order chi connectivity index (χ0) is 14.5. The van der Waals surface area contributed by atoms with E-state index in [1.54, 1.807) is 0 Å². The average Bonchev–Trinajstić information content (AvgIpc) is 2.34. The van der Waals surface area contributed by atoms with E-state index in [2.05, 4.69) is 4.72 Å². The molecule has 0 heterocycles. The molecule has 0 aliphatic carbocycles. The lowest BCUT2D eigenvalue weighted by molar-refractivity contribution is -0.137. The fraction of sp³-hybridized carbons (Fsp3) is 0.455. The summed E-state index contributed by atoms with van der Waals surface area (Å²) >= 11 is 5.38. The Labute approximate surface area is 114 Å². The summed E-state index contributed by atoms with van der Waals surface area (Å²) in [5.41, 5.74) is -0.547. The Bertz CT molecular complexity index is 517. The lowest BCUT2D eigenvalue weighted by atomic mass is 10.1. The largest absolute Gasteiger partial charge is 0.416 e. The number of nitrogens with one attached hydrogen (secondary N) is 1. The molecule has 0 spiro atoms. The van der Waals surface area contributed by atoms with E-state index in [-0.39, 0.29) is 23.7 Å². The van der Waals surface area contributed by atoms with Crippen LogP contribution in [0.25, 0.3) is 0 Å². The van der Waals surface area contributed by atoms with Gasteiger partial charge in [0, 0.05) is 12.4 Å². The highest BCUT2D eigenvalue weighted by atomic mass is 35.5. The van der Waals surface area contributed by atoms with Crippen LogP contribution in [-0.2, 0) is 22.7 Å². The highest BCUT2D eigenvalue weighted by molar-refractivity contribution is 7.89. The van der Waals surface area contributed by atoms with Gasteiger partial charge in [-0.3, -0.25) is 0 Å². The van der Waals surface area contributed by atoms with Crippen molar-refractivity contribution < 1.29 is 21.6 Å². The van der Waals surface area contributed by atoms with Gasteiger partial charge < -0.3 is 0 Å². The zero-order valence-electron chi connectivity index (χ0n) is 9.87. The molecule has 0 fully saturated rings. The zero-order valence-corrected chi connectivity index (χ0v) is 11.4. The molecule has 0 saturated carbocycles. The lowest BCUT2D eigenvalue weighted by Gasteiger charge is -2.09. The van der Waals surface area contributed by atoms with Crippen molar-refractivity contribution in [2.24, 2.45) is 0 Å². The molecule has 0 aliphatic heterocycles. The highest BCUT2D eigenvalue weighted by Gasteiger charge is 2.30. The third-order valence-electron chi connectivity index (χ3n) is 2.30. The summed E-state index contributed by atoms with van der Waals surface area (Å²) in [7, 11) is -3.51. The van der Waals surface area contributed by atoms with Crippen LogP contribution >= 0.6 is 11.6 Å². The van der Waals surface area contributed by atoms with Crippen molar-refractivity contribution >= 4 is 21.6 Å². The topological polar surface area (TPSA) is 46.2 Å². The summed E-state index contributed by atoms with van der Waals surface area (Å²) in [5, 5.41) is 0. The highest BCUT2D eigenvalue weighted by Crippen LogP contribution is 2.29. The maximum Gasteiger partial charge on any atom is 0.416 e. The molecule has 0 atom stereocenters. The fourth-order valence-corrected chi connectivity index (χ4v) is 2.72. The summed E-state index contributed by atoms with van der Waals surface area (Å²) in [6, 6.07) is 4.53. The molecule has 108 valence electrons. The fourth-order valence-electron chi connectivity index (χ4n) is 1.37. The molecular weight excluding hydrogens is 303 g/mol. The Balaban J connectivity index is 2.69. The average molecular weight is 316 g/mol. The van der Waals surface area contributed by atoms with Crippen molar-refractivity contribution in [3.63, 3.8) is 0 Å². The first kappa shape index (κ1) is 16.3. The predicted molar refractivity (Wildman–Crippen MR) is 67.4 cm³/mol. The van der Waals surface area contributed by atoms with Gasteiger partial charge in [0.25, 0.3) is 0 Å². The number of sulfonamides is 1. The summed E-state index contributed by atoms with van der Waals surface area (Å²) in [6.07, 6.45) is -4.15. The molecule has 0 amide bonds. The maximum atomic E-state index is 12.5. The molecule has 0 radical (unpaired) electrons. The van der Waals surface area contributed by atoms with Gasteiger partial charge in [-0.05, 0) is 18.1 Å². The van der Waals surface area contributed by atoms with Crippen LogP contribution in [0.1, 0.15) is 17.5 Å². The molecule has 1 N–H and O–H groups in total. The van der Waals surface area contributed by atoms with Gasteiger partial charge in [-0.25, -0.2) is 13.1 Å². The number of halogens is 4. The van der Waals surface area contributed by atoms with Crippen molar-refractivity contribution in [3.8, 4) is 0 Å². The second-order valence-electron chi connectivity index (χ2n) is 3.88. The smallest absolute Gasteiger partial charge is 0.212 e. The van der Waals surface area contributed by atoms with Crippen LogP contribution in [0.15, 0.2) is 24.3 Å². The molecule has 0 unspecified atom stereocenters. The standard InChI is InChI=1S/C11H13ClF3NO2S/c12-5-2-6-19(17,18)16-8-9-3-1-4-10(7-9)11(13,14)15/h1,3-4,7,16H,2,5-6,8H2. The van der Waals surface area contributed by atoms with Crippen LogP contribution in [-0.4, -0.2) is 20.1 Å². The monoisotopic (exact) mass is 315 g/mol. The van der Waals surface area contributed by atoms with Gasteiger partial charge in [0.05, 0.1) is 11.3 Å². The van der Waals surface area contributed by atoms with E-state index in [4.69, 9.17) is 11.6 Å². The van der Waals surface area contributed by atoms with E-state index in [1.807, 2.05) is 0 Å². The number of benzene rings is 1. The van der Waals surface area contributed by atoms with E-state index in [9.17, 15) is 21.6 Å². The molecule has 19 heavy (non-hydrogen) atoms. The van der Waals surface area contributed by atoms with Gasteiger partial charge in [0.2, 0.25) is 10.0 Å². The molecule has 1 aromatic carbocycles. The van der Waals surface area contributed by atoms with Gasteiger partial charge in [-0.15, -0.1) is 11.6 Å². The first-order valence-electron chi connectivity index (χ1n) is 5.44. The summed E-state index contributed by atoms with van der Waals surface area (Å²) in [6.45, 7) is -0.172. The van der Waals surface area contributed by atoms with Crippen LogP contribution in [0.2, 0.25) is 0 Å². The quantitative estimate of drug-likeness (QED) is 0.821. The van der Waals surface area contributed by atoms with Crippen molar-refractivity contribution in [1.82, 2.24) is 4.72 Å². The molecule has 3 nitrogen and oxygen atoms in total.